The van der Waals surface area contributed by atoms with E-state index < -0.39 is 10.0 Å². The second-order valence-electron chi connectivity index (χ2n) is 4.91. The lowest BCUT2D eigenvalue weighted by atomic mass is 10.3. The van der Waals surface area contributed by atoms with E-state index in [0.29, 0.717) is 18.8 Å². The van der Waals surface area contributed by atoms with E-state index in [2.05, 4.69) is 14.9 Å². The summed E-state index contributed by atoms with van der Waals surface area (Å²) in [5.74, 6) is 0.339. The van der Waals surface area contributed by atoms with Crippen molar-refractivity contribution < 1.29 is 13.2 Å². The Hall–Kier alpha value is -0.570. The van der Waals surface area contributed by atoms with E-state index >= 15 is 0 Å². The summed E-state index contributed by atoms with van der Waals surface area (Å²) in [6, 6.07) is 2.70. The van der Waals surface area contributed by atoms with E-state index in [1.165, 1.54) is 19.2 Å². The van der Waals surface area contributed by atoms with Crippen molar-refractivity contribution in [3.05, 3.63) is 22.2 Å². The first-order chi connectivity index (χ1) is 10.4. The fourth-order valence-corrected chi connectivity index (χ4v) is 4.09. The van der Waals surface area contributed by atoms with E-state index in [-0.39, 0.29) is 14.9 Å². The molecule has 0 aromatic heterocycles. The zero-order valence-electron chi connectivity index (χ0n) is 12.2. The van der Waals surface area contributed by atoms with Crippen LogP contribution in [0.2, 0.25) is 10.0 Å². The molecule has 0 unspecified atom stereocenters. The van der Waals surface area contributed by atoms with Gasteiger partial charge in [-0.1, -0.05) is 23.2 Å². The minimum absolute atomic E-state index is 0.0414. The van der Waals surface area contributed by atoms with Crippen molar-refractivity contribution in [2.45, 2.75) is 4.90 Å². The summed E-state index contributed by atoms with van der Waals surface area (Å²) in [5.41, 5.74) is 0. The van der Waals surface area contributed by atoms with Crippen LogP contribution in [0, 0.1) is 0 Å². The highest BCUT2D eigenvalue weighted by molar-refractivity contribution is 7.89. The van der Waals surface area contributed by atoms with Crippen LogP contribution in [-0.2, 0) is 10.0 Å². The van der Waals surface area contributed by atoms with Crippen molar-refractivity contribution in [1.29, 1.82) is 0 Å². The van der Waals surface area contributed by atoms with Gasteiger partial charge in [0.05, 0.1) is 17.2 Å². The molecular weight excluding hydrogens is 349 g/mol. The predicted molar refractivity (Wildman–Crippen MR) is 87.5 cm³/mol. The van der Waals surface area contributed by atoms with E-state index in [1.807, 2.05) is 0 Å². The average molecular weight is 368 g/mol. The Bertz CT molecular complexity index is 619. The molecule has 0 radical (unpaired) electrons. The molecule has 2 rings (SSSR count). The number of hydrogen-bond donors (Lipinski definition) is 2. The minimum atomic E-state index is -3.70. The first-order valence-corrected chi connectivity index (χ1v) is 9.14. The van der Waals surface area contributed by atoms with Gasteiger partial charge in [-0.05, 0) is 6.07 Å². The van der Waals surface area contributed by atoms with Gasteiger partial charge in [0.1, 0.15) is 10.6 Å². The maximum atomic E-state index is 12.3. The largest absolute Gasteiger partial charge is 0.495 e. The Labute approximate surface area is 140 Å². The van der Waals surface area contributed by atoms with Crippen molar-refractivity contribution in [2.75, 3.05) is 46.4 Å². The van der Waals surface area contributed by atoms with Crippen molar-refractivity contribution in [2.24, 2.45) is 0 Å². The van der Waals surface area contributed by atoms with Crippen LogP contribution in [0.25, 0.3) is 0 Å². The molecular formula is C13H19Cl2N3O3S. The quantitative estimate of drug-likeness (QED) is 0.789. The van der Waals surface area contributed by atoms with Crippen LogP contribution < -0.4 is 14.8 Å². The summed E-state index contributed by atoms with van der Waals surface area (Å²) in [4.78, 5) is 2.15. The normalized spacial score (nSPS) is 16.7. The topological polar surface area (TPSA) is 70.7 Å². The third kappa shape index (κ3) is 4.47. The van der Waals surface area contributed by atoms with Gasteiger partial charge in [0.15, 0.2) is 0 Å². The zero-order chi connectivity index (χ0) is 16.2. The summed E-state index contributed by atoms with van der Waals surface area (Å²) < 4.78 is 32.2. The molecule has 1 aliphatic rings. The maximum Gasteiger partial charge on any atom is 0.242 e. The highest BCUT2D eigenvalue weighted by Gasteiger charge is 2.20. The van der Waals surface area contributed by atoms with Gasteiger partial charge in [-0.15, -0.1) is 0 Å². The first-order valence-electron chi connectivity index (χ1n) is 6.90. The molecule has 0 bridgehead atoms. The van der Waals surface area contributed by atoms with Gasteiger partial charge in [-0.2, -0.15) is 0 Å². The van der Waals surface area contributed by atoms with Gasteiger partial charge in [0.25, 0.3) is 0 Å². The third-order valence-electron chi connectivity index (χ3n) is 3.43. The van der Waals surface area contributed by atoms with E-state index in [0.717, 1.165) is 26.2 Å². The van der Waals surface area contributed by atoms with Crippen LogP contribution in [0.15, 0.2) is 17.0 Å². The van der Waals surface area contributed by atoms with Crippen LogP contribution >= 0.6 is 23.2 Å². The van der Waals surface area contributed by atoms with E-state index in [1.54, 1.807) is 0 Å². The van der Waals surface area contributed by atoms with Crippen molar-refractivity contribution in [3.63, 3.8) is 0 Å². The number of hydrogen-bond acceptors (Lipinski definition) is 5. The van der Waals surface area contributed by atoms with Crippen molar-refractivity contribution in [3.8, 4) is 5.75 Å². The molecule has 22 heavy (non-hydrogen) atoms. The number of rotatable bonds is 6. The molecule has 1 fully saturated rings. The summed E-state index contributed by atoms with van der Waals surface area (Å²) in [6.07, 6.45) is 0. The standard InChI is InChI=1S/C13H19Cl2N3O3S/c1-21-12-8-11(15)13(9-10(12)14)22(19,20)17-4-7-18-5-2-16-3-6-18/h8-9,16-17H,2-7H2,1H3. The van der Waals surface area contributed by atoms with E-state index in [4.69, 9.17) is 27.9 Å². The Morgan fingerprint density at radius 3 is 2.59 bits per heavy atom. The fraction of sp³-hybridized carbons (Fsp3) is 0.538. The van der Waals surface area contributed by atoms with Gasteiger partial charge in [-0.25, -0.2) is 13.1 Å². The Kier molecular flexibility index (Phi) is 6.31. The number of ether oxygens (including phenoxy) is 1. The molecule has 1 heterocycles. The molecule has 1 aromatic carbocycles. The molecule has 124 valence electrons. The SMILES string of the molecule is COc1cc(Cl)c(S(=O)(=O)NCCN2CCNCC2)cc1Cl. The number of sulfonamides is 1. The van der Waals surface area contributed by atoms with E-state index in [9.17, 15) is 8.42 Å². The number of halogens is 2. The highest BCUT2D eigenvalue weighted by Crippen LogP contribution is 2.33. The molecule has 0 spiro atoms. The smallest absolute Gasteiger partial charge is 0.242 e. The number of piperazine rings is 1. The second kappa shape index (κ2) is 7.81. The second-order valence-corrected chi connectivity index (χ2v) is 7.46. The summed E-state index contributed by atoms with van der Waals surface area (Å²) in [5, 5.41) is 3.53. The highest BCUT2D eigenvalue weighted by atomic mass is 35.5. The molecule has 0 atom stereocenters. The first kappa shape index (κ1) is 17.8. The van der Waals surface area contributed by atoms with Crippen LogP contribution in [0.4, 0.5) is 0 Å². The minimum Gasteiger partial charge on any atom is -0.495 e. The fourth-order valence-electron chi connectivity index (χ4n) is 2.22. The van der Waals surface area contributed by atoms with Crippen molar-refractivity contribution in [1.82, 2.24) is 14.9 Å². The van der Waals surface area contributed by atoms with Gasteiger partial charge in [0.2, 0.25) is 10.0 Å². The lowest BCUT2D eigenvalue weighted by Crippen LogP contribution is -2.46. The van der Waals surface area contributed by atoms with Gasteiger partial charge >= 0.3 is 0 Å². The van der Waals surface area contributed by atoms with Crippen LogP contribution in [-0.4, -0.2) is 59.7 Å². The summed E-state index contributed by atoms with van der Waals surface area (Å²) >= 11 is 12.0. The summed E-state index contributed by atoms with van der Waals surface area (Å²) in [7, 11) is -2.26. The number of nitrogens with zero attached hydrogens (tertiary/aromatic N) is 1. The molecule has 1 aromatic rings. The lowest BCUT2D eigenvalue weighted by Gasteiger charge is -2.27. The number of nitrogens with one attached hydrogen (secondary N) is 2. The lowest BCUT2D eigenvalue weighted by molar-refractivity contribution is 0.245. The molecule has 0 aliphatic carbocycles. The monoisotopic (exact) mass is 367 g/mol. The number of benzene rings is 1. The van der Waals surface area contributed by atoms with Crippen LogP contribution in [0.5, 0.6) is 5.75 Å². The third-order valence-corrected chi connectivity index (χ3v) is 5.65. The zero-order valence-corrected chi connectivity index (χ0v) is 14.6. The number of methoxy groups -OCH3 is 1. The van der Waals surface area contributed by atoms with Gasteiger partial charge < -0.3 is 10.1 Å². The maximum absolute atomic E-state index is 12.3. The predicted octanol–water partition coefficient (Wildman–Crippen LogP) is 1.19. The van der Waals surface area contributed by atoms with Crippen LogP contribution in [0.3, 0.4) is 0 Å². The molecule has 1 aliphatic heterocycles. The molecule has 1 saturated heterocycles. The Morgan fingerprint density at radius 1 is 1.27 bits per heavy atom. The van der Waals surface area contributed by atoms with Gasteiger partial charge in [0, 0.05) is 45.3 Å². The molecule has 2 N–H and O–H groups in total. The molecule has 0 saturated carbocycles. The molecule has 6 nitrogen and oxygen atoms in total. The van der Waals surface area contributed by atoms with Gasteiger partial charge in [-0.3, -0.25) is 4.90 Å². The van der Waals surface area contributed by atoms with Crippen LogP contribution in [0.1, 0.15) is 0 Å². The molecule has 9 heteroatoms. The average Bonchev–Trinajstić information content (AvgIpc) is 2.50. The van der Waals surface area contributed by atoms with Crippen molar-refractivity contribution >= 4 is 33.2 Å². The summed E-state index contributed by atoms with van der Waals surface area (Å²) in [6.45, 7) is 4.65. The Morgan fingerprint density at radius 2 is 1.95 bits per heavy atom. The Balaban J connectivity index is 2.02. The molecule has 0 amide bonds.